The minimum Gasteiger partial charge on any atom is -0.383 e. The second-order valence-corrected chi connectivity index (χ2v) is 5.09. The summed E-state index contributed by atoms with van der Waals surface area (Å²) >= 11 is 0. The van der Waals surface area contributed by atoms with Crippen LogP contribution in [0.2, 0.25) is 0 Å². The van der Waals surface area contributed by atoms with Crippen molar-refractivity contribution in [2.24, 2.45) is 11.8 Å². The number of ether oxygens (including phenoxy) is 1. The molecule has 0 radical (unpaired) electrons. The Labute approximate surface area is 88.4 Å². The SMILES string of the molecule is COCC(NC1CCC(C)C1)C(C)C. The topological polar surface area (TPSA) is 21.3 Å². The predicted octanol–water partition coefficient (Wildman–Crippen LogP) is 2.44. The standard InChI is InChI=1S/C12H25NO/c1-9(2)12(8-14-4)13-11-6-5-10(3)7-11/h9-13H,5-8H2,1-4H3. The van der Waals surface area contributed by atoms with Crippen LogP contribution in [0.1, 0.15) is 40.0 Å². The largest absolute Gasteiger partial charge is 0.383 e. The molecule has 0 amide bonds. The lowest BCUT2D eigenvalue weighted by Gasteiger charge is -2.25. The Morgan fingerprint density at radius 3 is 2.50 bits per heavy atom. The first kappa shape index (κ1) is 12.0. The Morgan fingerprint density at radius 1 is 1.36 bits per heavy atom. The van der Waals surface area contributed by atoms with Crippen molar-refractivity contribution in [3.63, 3.8) is 0 Å². The Morgan fingerprint density at radius 2 is 2.07 bits per heavy atom. The van der Waals surface area contributed by atoms with E-state index in [1.54, 1.807) is 7.11 Å². The van der Waals surface area contributed by atoms with Crippen LogP contribution in [-0.2, 0) is 4.74 Å². The fraction of sp³-hybridized carbons (Fsp3) is 1.00. The van der Waals surface area contributed by atoms with Crippen molar-refractivity contribution in [1.29, 1.82) is 0 Å². The van der Waals surface area contributed by atoms with Gasteiger partial charge in [-0.1, -0.05) is 20.8 Å². The summed E-state index contributed by atoms with van der Waals surface area (Å²) in [6, 6.07) is 1.25. The monoisotopic (exact) mass is 199 g/mol. The van der Waals surface area contributed by atoms with Crippen LogP contribution in [0.5, 0.6) is 0 Å². The maximum atomic E-state index is 5.24. The Balaban J connectivity index is 2.31. The first-order chi connectivity index (χ1) is 6.63. The highest BCUT2D eigenvalue weighted by Crippen LogP contribution is 2.25. The molecule has 1 rings (SSSR count). The minimum atomic E-state index is 0.523. The van der Waals surface area contributed by atoms with E-state index in [0.29, 0.717) is 12.0 Å². The number of rotatable bonds is 5. The lowest BCUT2D eigenvalue weighted by Crippen LogP contribution is -2.43. The van der Waals surface area contributed by atoms with Gasteiger partial charge in [-0.05, 0) is 31.1 Å². The Hall–Kier alpha value is -0.0800. The van der Waals surface area contributed by atoms with Gasteiger partial charge in [0.15, 0.2) is 0 Å². The average Bonchev–Trinajstić information content (AvgIpc) is 2.50. The molecule has 0 saturated heterocycles. The molecule has 0 aromatic heterocycles. The van der Waals surface area contributed by atoms with Crippen LogP contribution >= 0.6 is 0 Å². The van der Waals surface area contributed by atoms with Crippen LogP contribution in [0.3, 0.4) is 0 Å². The molecule has 0 aromatic rings. The molecule has 0 bridgehead atoms. The van der Waals surface area contributed by atoms with E-state index in [9.17, 15) is 0 Å². The van der Waals surface area contributed by atoms with E-state index in [0.717, 1.165) is 18.6 Å². The lowest BCUT2D eigenvalue weighted by atomic mass is 10.0. The highest BCUT2D eigenvalue weighted by atomic mass is 16.5. The molecule has 0 aliphatic heterocycles. The summed E-state index contributed by atoms with van der Waals surface area (Å²) in [4.78, 5) is 0. The van der Waals surface area contributed by atoms with Crippen molar-refractivity contribution in [1.82, 2.24) is 5.32 Å². The molecule has 3 unspecified atom stereocenters. The summed E-state index contributed by atoms with van der Waals surface area (Å²) in [6.45, 7) is 7.70. The summed E-state index contributed by atoms with van der Waals surface area (Å²) in [5.41, 5.74) is 0. The third-order valence-electron chi connectivity index (χ3n) is 3.30. The average molecular weight is 199 g/mol. The lowest BCUT2D eigenvalue weighted by molar-refractivity contribution is 0.140. The Bertz CT molecular complexity index is 158. The minimum absolute atomic E-state index is 0.523. The summed E-state index contributed by atoms with van der Waals surface area (Å²) in [5.74, 6) is 1.56. The molecule has 1 aliphatic carbocycles. The molecule has 1 aliphatic rings. The number of methoxy groups -OCH3 is 1. The molecule has 1 saturated carbocycles. The molecule has 0 aromatic carbocycles. The molecule has 2 heteroatoms. The fourth-order valence-electron chi connectivity index (χ4n) is 2.27. The van der Waals surface area contributed by atoms with Crippen molar-refractivity contribution >= 4 is 0 Å². The van der Waals surface area contributed by atoms with Crippen LogP contribution in [0.4, 0.5) is 0 Å². The maximum absolute atomic E-state index is 5.24. The van der Waals surface area contributed by atoms with Gasteiger partial charge in [0.05, 0.1) is 6.61 Å². The summed E-state index contributed by atoms with van der Waals surface area (Å²) in [7, 11) is 1.79. The zero-order valence-corrected chi connectivity index (χ0v) is 10.0. The smallest absolute Gasteiger partial charge is 0.0618 e. The van der Waals surface area contributed by atoms with Crippen molar-refractivity contribution < 1.29 is 4.74 Å². The van der Waals surface area contributed by atoms with Gasteiger partial charge in [-0.15, -0.1) is 0 Å². The van der Waals surface area contributed by atoms with Gasteiger partial charge >= 0.3 is 0 Å². The van der Waals surface area contributed by atoms with Crippen molar-refractivity contribution in [3.8, 4) is 0 Å². The highest BCUT2D eigenvalue weighted by Gasteiger charge is 2.24. The van der Waals surface area contributed by atoms with E-state index >= 15 is 0 Å². The van der Waals surface area contributed by atoms with Gasteiger partial charge < -0.3 is 10.1 Å². The van der Waals surface area contributed by atoms with Gasteiger partial charge in [0.25, 0.3) is 0 Å². The molecule has 3 atom stereocenters. The Kier molecular flexibility index (Phi) is 4.90. The van der Waals surface area contributed by atoms with E-state index in [4.69, 9.17) is 4.74 Å². The van der Waals surface area contributed by atoms with Gasteiger partial charge in [0, 0.05) is 19.2 Å². The van der Waals surface area contributed by atoms with Crippen molar-refractivity contribution in [2.45, 2.75) is 52.1 Å². The van der Waals surface area contributed by atoms with Crippen molar-refractivity contribution in [2.75, 3.05) is 13.7 Å². The van der Waals surface area contributed by atoms with Crippen molar-refractivity contribution in [3.05, 3.63) is 0 Å². The first-order valence-corrected chi connectivity index (χ1v) is 5.88. The summed E-state index contributed by atoms with van der Waals surface area (Å²) < 4.78 is 5.24. The fourth-order valence-corrected chi connectivity index (χ4v) is 2.27. The van der Waals surface area contributed by atoms with E-state index in [-0.39, 0.29) is 0 Å². The molecule has 0 heterocycles. The van der Waals surface area contributed by atoms with Gasteiger partial charge in [-0.25, -0.2) is 0 Å². The maximum Gasteiger partial charge on any atom is 0.0618 e. The first-order valence-electron chi connectivity index (χ1n) is 5.88. The number of hydrogen-bond acceptors (Lipinski definition) is 2. The van der Waals surface area contributed by atoms with Crippen LogP contribution < -0.4 is 5.32 Å². The second-order valence-electron chi connectivity index (χ2n) is 5.09. The molecule has 84 valence electrons. The zero-order chi connectivity index (χ0) is 10.6. The normalized spacial score (nSPS) is 29.8. The van der Waals surface area contributed by atoms with Crippen LogP contribution in [0.25, 0.3) is 0 Å². The molecule has 14 heavy (non-hydrogen) atoms. The van der Waals surface area contributed by atoms with E-state index < -0.39 is 0 Å². The number of hydrogen-bond donors (Lipinski definition) is 1. The predicted molar refractivity (Wildman–Crippen MR) is 60.4 cm³/mol. The third kappa shape index (κ3) is 3.58. The van der Waals surface area contributed by atoms with Crippen LogP contribution in [0.15, 0.2) is 0 Å². The van der Waals surface area contributed by atoms with Gasteiger partial charge in [-0.3, -0.25) is 0 Å². The molecule has 0 spiro atoms. The van der Waals surface area contributed by atoms with Crippen LogP contribution in [-0.4, -0.2) is 25.8 Å². The van der Waals surface area contributed by atoms with Gasteiger partial charge in [0.2, 0.25) is 0 Å². The van der Waals surface area contributed by atoms with Crippen LogP contribution in [0, 0.1) is 11.8 Å². The molecular formula is C12H25NO. The molecule has 1 N–H and O–H groups in total. The van der Waals surface area contributed by atoms with E-state index in [1.807, 2.05) is 0 Å². The zero-order valence-electron chi connectivity index (χ0n) is 10.0. The molecular weight excluding hydrogens is 174 g/mol. The van der Waals surface area contributed by atoms with E-state index in [2.05, 4.69) is 26.1 Å². The molecule has 1 fully saturated rings. The quantitative estimate of drug-likeness (QED) is 0.734. The highest BCUT2D eigenvalue weighted by molar-refractivity contribution is 4.82. The molecule has 2 nitrogen and oxygen atoms in total. The third-order valence-corrected chi connectivity index (χ3v) is 3.30. The number of nitrogens with one attached hydrogen (secondary N) is 1. The van der Waals surface area contributed by atoms with E-state index in [1.165, 1.54) is 19.3 Å². The second kappa shape index (κ2) is 5.72. The summed E-state index contributed by atoms with van der Waals surface area (Å²) in [5, 5.41) is 3.72. The van der Waals surface area contributed by atoms with Gasteiger partial charge in [-0.2, -0.15) is 0 Å². The summed E-state index contributed by atoms with van der Waals surface area (Å²) in [6.07, 6.45) is 4.07. The van der Waals surface area contributed by atoms with Gasteiger partial charge in [0.1, 0.15) is 0 Å².